The van der Waals surface area contributed by atoms with Gasteiger partial charge in [0.1, 0.15) is 0 Å². The van der Waals surface area contributed by atoms with Crippen molar-refractivity contribution in [3.8, 4) is 0 Å². The molecule has 0 nitrogen and oxygen atoms in total. The van der Waals surface area contributed by atoms with Gasteiger partial charge in [0.05, 0.1) is 32.3 Å². The molecule has 0 saturated carbocycles. The third-order valence-corrected chi connectivity index (χ3v) is 31.4. The van der Waals surface area contributed by atoms with Crippen LogP contribution in [0, 0.1) is 0 Å². The van der Waals surface area contributed by atoms with Crippen LogP contribution in [0.15, 0.2) is 91.7 Å². The van der Waals surface area contributed by atoms with E-state index in [1.165, 1.54) is 51.4 Å². The normalized spacial score (nSPS) is 25.2. The Hall–Kier alpha value is 1.13. The third-order valence-electron chi connectivity index (χ3n) is 12.8. The van der Waals surface area contributed by atoms with Crippen molar-refractivity contribution in [1.82, 2.24) is 0 Å². The fourth-order valence-corrected chi connectivity index (χ4v) is 21.0. The van der Waals surface area contributed by atoms with E-state index in [0.29, 0.717) is 0 Å². The largest absolute Gasteiger partial charge is 1.00 e. The molecule has 0 atom stereocenters. The molecule has 4 saturated heterocycles. The minimum atomic E-state index is -0.821. The second-order valence-corrected chi connectivity index (χ2v) is 35.9. The second-order valence-electron chi connectivity index (χ2n) is 17.1. The molecule has 0 bridgehead atoms. The van der Waals surface area contributed by atoms with Gasteiger partial charge in [0, 0.05) is 52.4 Å². The Balaban J connectivity index is 0.000000311. The van der Waals surface area contributed by atoms with Crippen LogP contribution in [-0.4, -0.2) is 32.3 Å². The maximum atomic E-state index is 2.54. The quantitative estimate of drug-likeness (QED) is 0.264. The van der Waals surface area contributed by atoms with Crippen molar-refractivity contribution in [2.75, 3.05) is 0 Å². The van der Waals surface area contributed by atoms with E-state index in [-0.39, 0.29) is 77.2 Å². The van der Waals surface area contributed by atoms with Gasteiger partial charge in [-0.2, -0.15) is 0 Å². The van der Waals surface area contributed by atoms with Crippen LogP contribution in [0.1, 0.15) is 79.1 Å². The summed E-state index contributed by atoms with van der Waals surface area (Å²) in [5.41, 5.74) is 6.28. The first-order chi connectivity index (χ1) is 20.8. The molecule has 8 rings (SSSR count). The van der Waals surface area contributed by atoms with Crippen LogP contribution in [0.4, 0.5) is 0 Å². The van der Waals surface area contributed by atoms with Crippen LogP contribution >= 0.6 is 0 Å². The summed E-state index contributed by atoms with van der Waals surface area (Å²) in [6, 6.07) is 12.4. The number of halogens is 2. The van der Waals surface area contributed by atoms with E-state index in [1.807, 2.05) is 0 Å². The number of rotatable bonds is 4. The summed E-state index contributed by atoms with van der Waals surface area (Å²) in [5, 5.41) is 7.00. The molecule has 0 aromatic carbocycles. The zero-order valence-electron chi connectivity index (χ0n) is 31.7. The maximum absolute atomic E-state index is 2.54. The van der Waals surface area contributed by atoms with Crippen molar-refractivity contribution in [1.29, 1.82) is 0 Å². The van der Waals surface area contributed by atoms with Crippen LogP contribution < -0.4 is 24.8 Å². The molecular weight excluding hydrogens is 846 g/mol. The molecule has 264 valence electrons. The maximum Gasteiger partial charge on any atom is 0.0832 e. The molecule has 4 aliphatic carbocycles. The summed E-state index contributed by atoms with van der Waals surface area (Å²) in [6.07, 6.45) is 30.6. The predicted molar refractivity (Wildman–Crippen MR) is 209 cm³/mol. The minimum absolute atomic E-state index is 0. The van der Waals surface area contributed by atoms with Gasteiger partial charge in [0.2, 0.25) is 0 Å². The SMILES string of the molecule is CC1=CC([Si]2(C)CCC2)=CC1.CC1=CC([Si]2(C)CCC2)=CC1.CC1=CC([Si]2(C)CCC2)=CC1.CC1=CC([Si]2(C)CCC2)=CC1.[Cl-].[Cl-].[Zr].[Zr]. The van der Waals surface area contributed by atoms with E-state index in [0.717, 1.165) is 0 Å². The summed E-state index contributed by atoms with van der Waals surface area (Å²) in [7, 11) is -3.28. The van der Waals surface area contributed by atoms with Crippen molar-refractivity contribution < 1.29 is 77.2 Å². The Labute approximate surface area is 351 Å². The molecule has 0 amide bonds. The van der Waals surface area contributed by atoms with Gasteiger partial charge in [-0.1, -0.05) is 192 Å². The van der Waals surface area contributed by atoms with Crippen molar-refractivity contribution >= 4 is 32.3 Å². The Morgan fingerprint density at radius 1 is 0.354 bits per heavy atom. The minimum Gasteiger partial charge on any atom is -1.00 e. The standard InChI is InChI=1S/4C10H16Si.2ClH.2Zr/c4*1-9-4-5-10(8-9)11(2)6-3-7-11;;;;/h4*5,8H,3-4,6-7H2,1-2H3;2*1H;;/p-2. The Bertz CT molecular complexity index is 1160. The fraction of sp³-hybridized carbons (Fsp3) is 0.600. The van der Waals surface area contributed by atoms with E-state index >= 15 is 0 Å². The third kappa shape index (κ3) is 11.6. The number of allylic oxidation sites excluding steroid dienone is 16. The summed E-state index contributed by atoms with van der Waals surface area (Å²) >= 11 is 0. The van der Waals surface area contributed by atoms with Gasteiger partial charge in [-0.15, -0.1) is 0 Å². The Morgan fingerprint density at radius 3 is 0.604 bits per heavy atom. The van der Waals surface area contributed by atoms with Crippen molar-refractivity contribution in [3.63, 3.8) is 0 Å². The van der Waals surface area contributed by atoms with Gasteiger partial charge in [-0.3, -0.25) is 0 Å². The molecule has 48 heavy (non-hydrogen) atoms. The predicted octanol–water partition coefficient (Wildman–Crippen LogP) is 7.14. The van der Waals surface area contributed by atoms with Crippen molar-refractivity contribution in [2.45, 2.75) is 154 Å². The second kappa shape index (κ2) is 20.0. The van der Waals surface area contributed by atoms with Gasteiger partial charge in [0.15, 0.2) is 0 Å². The van der Waals surface area contributed by atoms with Crippen LogP contribution in [-0.2, 0) is 52.4 Å². The molecule has 0 unspecified atom stereocenters. The van der Waals surface area contributed by atoms with E-state index in [4.69, 9.17) is 0 Å². The average molecular weight is 911 g/mol. The first kappa shape index (κ1) is 47.2. The van der Waals surface area contributed by atoms with Gasteiger partial charge in [-0.05, 0) is 53.4 Å². The fourth-order valence-electron chi connectivity index (χ4n) is 8.28. The van der Waals surface area contributed by atoms with E-state index in [2.05, 4.69) is 102 Å². The molecular formula is C40H64Cl2Si4Zr2-2. The molecule has 0 radical (unpaired) electrons. The number of hydrogen-bond donors (Lipinski definition) is 0. The smallest absolute Gasteiger partial charge is 0.0832 e. The van der Waals surface area contributed by atoms with Crippen LogP contribution in [0.5, 0.6) is 0 Å². The molecule has 4 aliphatic heterocycles. The van der Waals surface area contributed by atoms with E-state index < -0.39 is 32.3 Å². The van der Waals surface area contributed by atoms with Gasteiger partial charge < -0.3 is 24.8 Å². The van der Waals surface area contributed by atoms with Gasteiger partial charge in [0.25, 0.3) is 0 Å². The zero-order valence-corrected chi connectivity index (χ0v) is 42.1. The van der Waals surface area contributed by atoms with Crippen molar-refractivity contribution in [2.24, 2.45) is 0 Å². The summed E-state index contributed by atoms with van der Waals surface area (Å²) in [5.74, 6) is 0. The van der Waals surface area contributed by atoms with Crippen LogP contribution in [0.2, 0.25) is 74.5 Å². The molecule has 4 heterocycles. The Kier molecular flexibility index (Phi) is 19.6. The summed E-state index contributed by atoms with van der Waals surface area (Å²) in [4.78, 5) is 0. The average Bonchev–Trinajstić information content (AvgIpc) is 3.74. The first-order valence-corrected chi connectivity index (χ1v) is 30.0. The molecule has 0 spiro atoms. The molecule has 0 aromatic rings. The molecule has 8 heteroatoms. The summed E-state index contributed by atoms with van der Waals surface area (Å²) in [6.45, 7) is 19.2. The van der Waals surface area contributed by atoms with Gasteiger partial charge >= 0.3 is 0 Å². The van der Waals surface area contributed by atoms with Gasteiger partial charge in [-0.25, -0.2) is 0 Å². The van der Waals surface area contributed by atoms with E-state index in [1.54, 1.807) is 91.4 Å². The Morgan fingerprint density at radius 2 is 0.521 bits per heavy atom. The van der Waals surface area contributed by atoms with Crippen LogP contribution in [0.3, 0.4) is 0 Å². The molecule has 4 fully saturated rings. The van der Waals surface area contributed by atoms with E-state index in [9.17, 15) is 0 Å². The monoisotopic (exact) mass is 906 g/mol. The number of hydrogen-bond acceptors (Lipinski definition) is 0. The zero-order chi connectivity index (χ0) is 31.6. The topological polar surface area (TPSA) is 0 Å². The molecule has 8 aliphatic rings. The van der Waals surface area contributed by atoms with Crippen LogP contribution in [0.25, 0.3) is 0 Å². The molecule has 0 N–H and O–H groups in total. The molecule has 0 aromatic heterocycles. The first-order valence-electron chi connectivity index (χ1n) is 18.3. The van der Waals surface area contributed by atoms with Crippen molar-refractivity contribution in [3.05, 3.63) is 91.7 Å². The summed E-state index contributed by atoms with van der Waals surface area (Å²) < 4.78 is 0.